The highest BCUT2D eigenvalue weighted by atomic mass is 35.5. The molecule has 1 unspecified atom stereocenters. The summed E-state index contributed by atoms with van der Waals surface area (Å²) in [4.78, 5) is 24.2. The van der Waals surface area contributed by atoms with E-state index in [1.165, 1.54) is 0 Å². The number of rotatable bonds is 6. The Morgan fingerprint density at radius 2 is 1.85 bits per heavy atom. The lowest BCUT2D eigenvalue weighted by atomic mass is 9.76. The van der Waals surface area contributed by atoms with Crippen molar-refractivity contribution in [2.75, 3.05) is 14.2 Å². The van der Waals surface area contributed by atoms with Gasteiger partial charge in [0.25, 0.3) is 0 Å². The average molecular weight is 381 g/mol. The van der Waals surface area contributed by atoms with E-state index in [9.17, 15) is 9.59 Å². The molecule has 1 heterocycles. The second-order valence-corrected chi connectivity index (χ2v) is 7.62. The third-order valence-corrected chi connectivity index (χ3v) is 5.92. The number of hydrogen-bond donors (Lipinski definition) is 0. The molecule has 0 radical (unpaired) electrons. The summed E-state index contributed by atoms with van der Waals surface area (Å²) in [5, 5.41) is 0.509. The van der Waals surface area contributed by atoms with Gasteiger partial charge in [-0.3, -0.25) is 9.59 Å². The zero-order valence-electron chi connectivity index (χ0n) is 15.3. The minimum Gasteiger partial charge on any atom is -0.496 e. The Morgan fingerprint density at radius 1 is 1.15 bits per heavy atom. The van der Waals surface area contributed by atoms with Crippen LogP contribution < -0.4 is 9.47 Å². The minimum atomic E-state index is -0.694. The molecule has 2 fully saturated rings. The van der Waals surface area contributed by atoms with Gasteiger partial charge in [-0.1, -0.05) is 24.4 Å². The van der Waals surface area contributed by atoms with Crippen LogP contribution in [0.4, 0.5) is 0 Å². The minimum absolute atomic E-state index is 0.0205. The molecule has 0 bridgehead atoms. The number of cyclic esters (lactones) is 1. The summed E-state index contributed by atoms with van der Waals surface area (Å²) in [6.45, 7) is 0. The molecule has 0 aromatic heterocycles. The Morgan fingerprint density at radius 3 is 2.46 bits per heavy atom. The molecule has 0 N–H and O–H groups in total. The van der Waals surface area contributed by atoms with Crippen LogP contribution in [0.5, 0.6) is 11.5 Å². The Kier molecular flexibility index (Phi) is 5.76. The van der Waals surface area contributed by atoms with Gasteiger partial charge in [0, 0.05) is 12.5 Å². The van der Waals surface area contributed by atoms with Gasteiger partial charge in [0.05, 0.1) is 19.2 Å². The van der Waals surface area contributed by atoms with Crippen molar-refractivity contribution in [3.05, 3.63) is 22.7 Å². The monoisotopic (exact) mass is 380 g/mol. The summed E-state index contributed by atoms with van der Waals surface area (Å²) in [5.74, 6) is 1.06. The number of methoxy groups -OCH3 is 2. The van der Waals surface area contributed by atoms with Gasteiger partial charge in [0.1, 0.15) is 29.3 Å². The van der Waals surface area contributed by atoms with E-state index in [1.54, 1.807) is 20.3 Å². The van der Waals surface area contributed by atoms with Crippen LogP contribution in [-0.4, -0.2) is 31.6 Å². The quantitative estimate of drug-likeness (QED) is 0.548. The normalized spacial score (nSPS) is 23.8. The first kappa shape index (κ1) is 19.0. The van der Waals surface area contributed by atoms with E-state index in [1.807, 2.05) is 6.07 Å². The molecule has 6 heteroatoms. The Bertz CT molecular complexity index is 678. The fourth-order valence-corrected chi connectivity index (χ4v) is 4.61. The molecular weight excluding hydrogens is 356 g/mol. The third-order valence-electron chi connectivity index (χ3n) is 5.63. The van der Waals surface area contributed by atoms with Crippen LogP contribution in [0.3, 0.4) is 0 Å². The van der Waals surface area contributed by atoms with E-state index >= 15 is 0 Å². The lowest BCUT2D eigenvalue weighted by Crippen LogP contribution is -2.48. The first-order valence-electron chi connectivity index (χ1n) is 9.11. The molecule has 0 spiro atoms. The van der Waals surface area contributed by atoms with Crippen LogP contribution in [0.25, 0.3) is 0 Å². The van der Waals surface area contributed by atoms with Gasteiger partial charge in [-0.05, 0) is 43.2 Å². The number of halogens is 1. The van der Waals surface area contributed by atoms with Gasteiger partial charge in [-0.25, -0.2) is 0 Å². The second-order valence-electron chi connectivity index (χ2n) is 7.21. The number of carbonyl (C=O) groups excluding carboxylic acids is 2. The predicted molar refractivity (Wildman–Crippen MR) is 97.9 cm³/mol. The molecule has 0 amide bonds. The number of Topliss-reactive ketones (excluding diaryl/α,β-unsaturated/α-hetero) is 1. The number of aryl methyl sites for hydroxylation is 1. The van der Waals surface area contributed by atoms with Gasteiger partial charge >= 0.3 is 5.97 Å². The molecule has 2 aliphatic rings. The zero-order valence-corrected chi connectivity index (χ0v) is 16.1. The van der Waals surface area contributed by atoms with E-state index in [0.717, 1.165) is 31.2 Å². The molecule has 1 aliphatic heterocycles. The number of hydrogen-bond acceptors (Lipinski definition) is 5. The maximum absolute atomic E-state index is 12.2. The Labute approximate surface area is 158 Å². The highest BCUT2D eigenvalue weighted by Crippen LogP contribution is 2.44. The summed E-state index contributed by atoms with van der Waals surface area (Å²) in [6.07, 6.45) is 5.66. The Hall–Kier alpha value is -1.75. The molecule has 1 aromatic rings. The van der Waals surface area contributed by atoms with Gasteiger partial charge in [-0.2, -0.15) is 0 Å². The van der Waals surface area contributed by atoms with Crippen LogP contribution in [0.2, 0.25) is 5.02 Å². The van der Waals surface area contributed by atoms with E-state index in [-0.39, 0.29) is 18.1 Å². The molecule has 142 valence electrons. The summed E-state index contributed by atoms with van der Waals surface area (Å²) in [7, 11) is 3.16. The van der Waals surface area contributed by atoms with Crippen LogP contribution in [0.15, 0.2) is 12.1 Å². The third kappa shape index (κ3) is 3.83. The van der Waals surface area contributed by atoms with Gasteiger partial charge in [-0.15, -0.1) is 0 Å². The second kappa shape index (κ2) is 7.87. The van der Waals surface area contributed by atoms with Crippen molar-refractivity contribution in [3.63, 3.8) is 0 Å². The van der Waals surface area contributed by atoms with Crippen molar-refractivity contribution in [1.82, 2.24) is 0 Å². The van der Waals surface area contributed by atoms with E-state index in [2.05, 4.69) is 0 Å². The average Bonchev–Trinajstić information content (AvgIpc) is 3.14. The maximum Gasteiger partial charge on any atom is 0.313 e. The number of ether oxygens (including phenoxy) is 3. The van der Waals surface area contributed by atoms with Crippen molar-refractivity contribution in [3.8, 4) is 11.5 Å². The number of esters is 1. The highest BCUT2D eigenvalue weighted by Gasteiger charge is 2.47. The fourth-order valence-electron chi connectivity index (χ4n) is 4.34. The summed E-state index contributed by atoms with van der Waals surface area (Å²) in [6, 6.07) is 3.59. The van der Waals surface area contributed by atoms with Crippen molar-refractivity contribution < 1.29 is 23.8 Å². The molecule has 1 saturated heterocycles. The smallest absolute Gasteiger partial charge is 0.313 e. The molecule has 26 heavy (non-hydrogen) atoms. The topological polar surface area (TPSA) is 61.8 Å². The molecule has 3 rings (SSSR count). The van der Waals surface area contributed by atoms with Crippen LogP contribution >= 0.6 is 11.6 Å². The van der Waals surface area contributed by atoms with Gasteiger partial charge in [0.2, 0.25) is 0 Å². The van der Waals surface area contributed by atoms with E-state index in [0.29, 0.717) is 35.8 Å². The van der Waals surface area contributed by atoms with Crippen LogP contribution in [-0.2, 0) is 20.7 Å². The molecule has 5 nitrogen and oxygen atoms in total. The first-order valence-corrected chi connectivity index (χ1v) is 9.49. The van der Waals surface area contributed by atoms with Crippen molar-refractivity contribution >= 4 is 23.4 Å². The molecule has 1 atom stereocenters. The lowest BCUT2D eigenvalue weighted by Gasteiger charge is -2.41. The lowest BCUT2D eigenvalue weighted by molar-refractivity contribution is -0.178. The zero-order chi connectivity index (χ0) is 18.7. The summed E-state index contributed by atoms with van der Waals surface area (Å²) >= 11 is 6.27. The number of carbonyl (C=O) groups is 2. The fraction of sp³-hybridized carbons (Fsp3) is 0.600. The summed E-state index contributed by atoms with van der Waals surface area (Å²) in [5.41, 5.74) is 0.227. The van der Waals surface area contributed by atoms with Crippen LogP contribution in [0, 0.1) is 5.92 Å². The largest absolute Gasteiger partial charge is 0.496 e. The van der Waals surface area contributed by atoms with E-state index in [4.69, 9.17) is 25.8 Å². The van der Waals surface area contributed by atoms with Crippen molar-refractivity contribution in [1.29, 1.82) is 0 Å². The first-order chi connectivity index (χ1) is 12.5. The van der Waals surface area contributed by atoms with Gasteiger partial charge < -0.3 is 14.2 Å². The molecule has 1 aliphatic carbocycles. The molecule has 1 saturated carbocycles. The maximum atomic E-state index is 12.2. The highest BCUT2D eigenvalue weighted by molar-refractivity contribution is 6.32. The van der Waals surface area contributed by atoms with Crippen molar-refractivity contribution in [2.24, 2.45) is 5.92 Å². The summed E-state index contributed by atoms with van der Waals surface area (Å²) < 4.78 is 16.6. The number of benzene rings is 1. The Balaban J connectivity index is 1.85. The number of ketones is 1. The van der Waals surface area contributed by atoms with Crippen molar-refractivity contribution in [2.45, 2.75) is 57.0 Å². The predicted octanol–water partition coefficient (Wildman–Crippen LogP) is 4.12. The molecule has 1 aromatic carbocycles. The standard InChI is InChI=1S/C20H25ClO5/c1-24-17-11-18(25-2)16(21)9-13(17)7-8-20(14-5-3-4-6-14)12-15(22)10-19(23)26-20/h9,11,14H,3-8,10,12H2,1-2H3. The SMILES string of the molecule is COc1cc(OC)c(CCC2(C3CCCC3)CC(=O)CC(=O)O2)cc1Cl. The molecular formula is C20H25ClO5. The van der Waals surface area contributed by atoms with E-state index < -0.39 is 11.6 Å². The van der Waals surface area contributed by atoms with Gasteiger partial charge in [0.15, 0.2) is 0 Å². The van der Waals surface area contributed by atoms with Crippen LogP contribution in [0.1, 0.15) is 50.5 Å².